The summed E-state index contributed by atoms with van der Waals surface area (Å²) < 4.78 is 2.98. The molecule has 1 heterocycles. The second-order valence-electron chi connectivity index (χ2n) is 9.81. The van der Waals surface area contributed by atoms with Crippen molar-refractivity contribution in [2.24, 2.45) is 0 Å². The Bertz CT molecular complexity index is 2140. The maximum atomic E-state index is 2.40. The van der Waals surface area contributed by atoms with Crippen molar-refractivity contribution in [2.45, 2.75) is 0 Å². The number of nitrogens with zero attached hydrogens (tertiary/aromatic N) is 1. The minimum absolute atomic E-state index is 0.311. The number of hydrogen-bond donors (Lipinski definition) is 0. The van der Waals surface area contributed by atoms with E-state index < -0.39 is 0 Å². The molecule has 0 spiro atoms. The molecule has 0 atom stereocenters. The Balaban J connectivity index is 1.37. The molecule has 8 aromatic rings. The Morgan fingerprint density at radius 2 is 0.974 bits per heavy atom. The van der Waals surface area contributed by atoms with Crippen molar-refractivity contribution in [3.63, 3.8) is 0 Å². The van der Waals surface area contributed by atoms with E-state index in [0.29, 0.717) is 14.5 Å². The van der Waals surface area contributed by atoms with Crippen LogP contribution >= 0.6 is 0 Å². The fraction of sp³-hybridized carbons (Fsp3) is 0. The molecule has 2 heteroatoms. The van der Waals surface area contributed by atoms with Gasteiger partial charge in [-0.05, 0) is 0 Å². The van der Waals surface area contributed by atoms with Crippen LogP contribution in [0.4, 0.5) is 17.1 Å². The van der Waals surface area contributed by atoms with E-state index in [1.165, 1.54) is 63.0 Å². The first-order valence-corrected chi connectivity index (χ1v) is 14.7. The zero-order valence-electron chi connectivity index (χ0n) is 20.6. The fourth-order valence-electron chi connectivity index (χ4n) is 5.79. The molecule has 1 aromatic heterocycles. The van der Waals surface area contributed by atoms with Crippen LogP contribution < -0.4 is 4.90 Å². The number of rotatable bonds is 3. The maximum absolute atomic E-state index is 2.40. The van der Waals surface area contributed by atoms with Gasteiger partial charge in [0.15, 0.2) is 0 Å². The Hall–Kier alpha value is -4.36. The number of anilines is 3. The predicted octanol–water partition coefficient (Wildman–Crippen LogP) is 9.98. The van der Waals surface area contributed by atoms with Crippen LogP contribution in [0.25, 0.3) is 51.6 Å². The van der Waals surface area contributed by atoms with Crippen LogP contribution in [0, 0.1) is 0 Å². The fourth-order valence-corrected chi connectivity index (χ4v) is 8.37. The van der Waals surface area contributed by atoms with Crippen LogP contribution in [0.5, 0.6) is 0 Å². The predicted molar refractivity (Wildman–Crippen MR) is 166 cm³/mol. The number of hydrogen-bond acceptors (Lipinski definition) is 1. The van der Waals surface area contributed by atoms with Crippen molar-refractivity contribution < 1.29 is 0 Å². The Labute approximate surface area is 226 Å². The van der Waals surface area contributed by atoms with E-state index in [1.54, 1.807) is 0 Å². The Kier molecular flexibility index (Phi) is 4.91. The van der Waals surface area contributed by atoms with Crippen LogP contribution in [0.2, 0.25) is 0 Å². The van der Waals surface area contributed by atoms with E-state index in [2.05, 4.69) is 144 Å². The van der Waals surface area contributed by atoms with Crippen LogP contribution in [0.1, 0.15) is 0 Å². The first kappa shape index (κ1) is 21.7. The van der Waals surface area contributed by atoms with Gasteiger partial charge in [-0.3, -0.25) is 0 Å². The van der Waals surface area contributed by atoms with Crippen molar-refractivity contribution in [2.75, 3.05) is 4.90 Å². The summed E-state index contributed by atoms with van der Waals surface area (Å²) in [6.07, 6.45) is 0. The van der Waals surface area contributed by atoms with E-state index >= 15 is 0 Å². The zero-order chi connectivity index (χ0) is 25.1. The van der Waals surface area contributed by atoms with Gasteiger partial charge in [-0.1, -0.05) is 6.07 Å². The third-order valence-electron chi connectivity index (χ3n) is 7.60. The standard InChI is InChI=1S/C36H23NSe/c1-2-9-27(10-3-1)37(28-19-21-31-26(22-28)15-14-24-8-4-5-11-30(24)31)29-18-16-25-17-20-33-32-12-6-7-13-35(32)38-36(33)34(25)23-29/h1-23H. The molecular weight excluding hydrogens is 525 g/mol. The van der Waals surface area contributed by atoms with Crippen LogP contribution in [0.3, 0.4) is 0 Å². The summed E-state index contributed by atoms with van der Waals surface area (Å²) in [5.41, 5.74) is 3.51. The van der Waals surface area contributed by atoms with Crippen molar-refractivity contribution in [3.8, 4) is 0 Å². The molecule has 0 unspecified atom stereocenters. The monoisotopic (exact) mass is 549 g/mol. The van der Waals surface area contributed by atoms with Gasteiger partial charge in [0.25, 0.3) is 0 Å². The molecule has 0 aliphatic carbocycles. The van der Waals surface area contributed by atoms with Gasteiger partial charge < -0.3 is 0 Å². The molecule has 1 nitrogen and oxygen atoms in total. The second kappa shape index (κ2) is 8.60. The van der Waals surface area contributed by atoms with Gasteiger partial charge in [0, 0.05) is 0 Å². The first-order valence-electron chi connectivity index (χ1n) is 12.9. The molecule has 0 radical (unpaired) electrons. The molecule has 0 amide bonds. The van der Waals surface area contributed by atoms with E-state index in [1.807, 2.05) is 0 Å². The van der Waals surface area contributed by atoms with Gasteiger partial charge in [0.1, 0.15) is 0 Å². The summed E-state index contributed by atoms with van der Waals surface area (Å²) in [7, 11) is 0. The van der Waals surface area contributed by atoms with Gasteiger partial charge in [-0.15, -0.1) is 0 Å². The third-order valence-corrected chi connectivity index (χ3v) is 10.2. The van der Waals surface area contributed by atoms with Crippen molar-refractivity contribution in [1.82, 2.24) is 0 Å². The molecule has 0 aliphatic heterocycles. The van der Waals surface area contributed by atoms with Crippen LogP contribution in [0.15, 0.2) is 140 Å². The quantitative estimate of drug-likeness (QED) is 0.157. The molecular formula is C36H23NSe. The Morgan fingerprint density at radius 3 is 1.89 bits per heavy atom. The SMILES string of the molecule is c1ccc(N(c2ccc3c(ccc4ccccc43)c2)c2ccc3ccc4c5ccccc5[se]c4c3c2)cc1. The number of fused-ring (bicyclic) bond motifs is 8. The van der Waals surface area contributed by atoms with Gasteiger partial charge >= 0.3 is 222 Å². The Morgan fingerprint density at radius 1 is 0.368 bits per heavy atom. The van der Waals surface area contributed by atoms with Crippen LogP contribution in [-0.2, 0) is 0 Å². The minimum atomic E-state index is 0.311. The summed E-state index contributed by atoms with van der Waals surface area (Å²) in [6, 6.07) is 51.1. The van der Waals surface area contributed by atoms with Gasteiger partial charge in [-0.2, -0.15) is 0 Å². The average molecular weight is 549 g/mol. The molecule has 0 bridgehead atoms. The molecule has 0 aliphatic rings. The van der Waals surface area contributed by atoms with Gasteiger partial charge in [-0.25, -0.2) is 0 Å². The van der Waals surface area contributed by atoms with Crippen molar-refractivity contribution in [3.05, 3.63) is 140 Å². The average Bonchev–Trinajstić information content (AvgIpc) is 3.37. The van der Waals surface area contributed by atoms with Crippen LogP contribution in [-0.4, -0.2) is 14.5 Å². The van der Waals surface area contributed by atoms with Gasteiger partial charge in [0.05, 0.1) is 0 Å². The van der Waals surface area contributed by atoms with E-state index in [-0.39, 0.29) is 0 Å². The zero-order valence-corrected chi connectivity index (χ0v) is 22.3. The molecule has 0 saturated heterocycles. The summed E-state index contributed by atoms with van der Waals surface area (Å²) in [5, 5.41) is 10.6. The molecule has 0 fully saturated rings. The number of benzene rings is 7. The third kappa shape index (κ3) is 3.39. The molecule has 0 saturated carbocycles. The van der Waals surface area contributed by atoms with Gasteiger partial charge in [0.2, 0.25) is 0 Å². The summed E-state index contributed by atoms with van der Waals surface area (Å²) >= 11 is 0.311. The summed E-state index contributed by atoms with van der Waals surface area (Å²) in [4.78, 5) is 2.39. The van der Waals surface area contributed by atoms with Crippen molar-refractivity contribution in [1.29, 1.82) is 0 Å². The molecule has 7 aromatic carbocycles. The molecule has 8 rings (SSSR count). The number of para-hydroxylation sites is 1. The van der Waals surface area contributed by atoms with Crippen molar-refractivity contribution >= 4 is 83.2 Å². The summed E-state index contributed by atoms with van der Waals surface area (Å²) in [5.74, 6) is 0. The molecule has 38 heavy (non-hydrogen) atoms. The van der Waals surface area contributed by atoms with E-state index in [4.69, 9.17) is 0 Å². The first-order chi connectivity index (χ1) is 18.8. The normalized spacial score (nSPS) is 11.7. The molecule has 178 valence electrons. The summed E-state index contributed by atoms with van der Waals surface area (Å²) in [6.45, 7) is 0. The van der Waals surface area contributed by atoms with E-state index in [9.17, 15) is 0 Å². The molecule has 0 N–H and O–H groups in total. The second-order valence-corrected chi connectivity index (χ2v) is 12.0. The topological polar surface area (TPSA) is 3.24 Å². The van der Waals surface area contributed by atoms with E-state index in [0.717, 1.165) is 5.69 Å².